The number of benzene rings is 3. The van der Waals surface area contributed by atoms with E-state index in [1.165, 1.54) is 22.3 Å². The van der Waals surface area contributed by atoms with Gasteiger partial charge in [-0.1, -0.05) is 92.2 Å². The summed E-state index contributed by atoms with van der Waals surface area (Å²) in [4.78, 5) is 15.3. The SMILES string of the molecule is Cc1cccc(C2c3ccccc3CCN2Cc2ccccc2C(=O)C(C)C)c1. The maximum Gasteiger partial charge on any atom is 0.165 e. The standard InChI is InChI=1S/C27H29NO/c1-19(2)27(29)25-14-7-5-11-23(25)18-28-16-15-21-10-4-6-13-24(21)26(28)22-12-8-9-20(3)17-22/h4-14,17,19,26H,15-16,18H2,1-3H3. The summed E-state index contributed by atoms with van der Waals surface area (Å²) in [5, 5.41) is 0. The molecule has 0 bridgehead atoms. The third-order valence-corrected chi connectivity index (χ3v) is 5.92. The molecule has 3 aromatic rings. The molecule has 1 aliphatic heterocycles. The fraction of sp³-hybridized carbons (Fsp3) is 0.296. The molecule has 1 aliphatic rings. The van der Waals surface area contributed by atoms with Crippen molar-refractivity contribution in [3.63, 3.8) is 0 Å². The molecule has 0 aromatic heterocycles. The Bertz CT molecular complexity index is 1020. The molecule has 4 rings (SSSR count). The van der Waals surface area contributed by atoms with Gasteiger partial charge in [0.2, 0.25) is 0 Å². The second kappa shape index (κ2) is 8.34. The maximum atomic E-state index is 12.8. The number of fused-ring (bicyclic) bond motifs is 1. The number of hydrogen-bond donors (Lipinski definition) is 0. The summed E-state index contributed by atoms with van der Waals surface area (Å²) in [5.74, 6) is 0.232. The highest BCUT2D eigenvalue weighted by Gasteiger charge is 2.29. The van der Waals surface area contributed by atoms with Gasteiger partial charge in [-0.2, -0.15) is 0 Å². The third-order valence-electron chi connectivity index (χ3n) is 5.92. The fourth-order valence-electron chi connectivity index (χ4n) is 4.45. The summed E-state index contributed by atoms with van der Waals surface area (Å²) in [7, 11) is 0. The molecule has 2 heteroatoms. The van der Waals surface area contributed by atoms with E-state index < -0.39 is 0 Å². The van der Waals surface area contributed by atoms with Gasteiger partial charge < -0.3 is 0 Å². The minimum atomic E-state index is 0.00537. The zero-order chi connectivity index (χ0) is 20.4. The minimum absolute atomic E-state index is 0.00537. The fourth-order valence-corrected chi connectivity index (χ4v) is 4.45. The lowest BCUT2D eigenvalue weighted by molar-refractivity contribution is 0.0936. The van der Waals surface area contributed by atoms with E-state index in [0.29, 0.717) is 0 Å². The smallest absolute Gasteiger partial charge is 0.165 e. The van der Waals surface area contributed by atoms with Crippen molar-refractivity contribution in [2.75, 3.05) is 6.54 Å². The molecule has 0 saturated heterocycles. The van der Waals surface area contributed by atoms with Gasteiger partial charge in [0, 0.05) is 24.6 Å². The van der Waals surface area contributed by atoms with E-state index >= 15 is 0 Å². The van der Waals surface area contributed by atoms with Gasteiger partial charge in [-0.15, -0.1) is 0 Å². The molecule has 0 spiro atoms. The van der Waals surface area contributed by atoms with Gasteiger partial charge in [0.05, 0.1) is 6.04 Å². The van der Waals surface area contributed by atoms with Gasteiger partial charge in [0.1, 0.15) is 0 Å². The predicted molar refractivity (Wildman–Crippen MR) is 119 cm³/mol. The van der Waals surface area contributed by atoms with Crippen LogP contribution < -0.4 is 0 Å². The van der Waals surface area contributed by atoms with Gasteiger partial charge in [-0.3, -0.25) is 9.69 Å². The van der Waals surface area contributed by atoms with Crippen molar-refractivity contribution in [3.8, 4) is 0 Å². The van der Waals surface area contributed by atoms with Crippen LogP contribution in [0.3, 0.4) is 0 Å². The monoisotopic (exact) mass is 383 g/mol. The van der Waals surface area contributed by atoms with Crippen LogP contribution in [0.15, 0.2) is 72.8 Å². The molecular formula is C27H29NO. The Hall–Kier alpha value is -2.71. The van der Waals surface area contributed by atoms with E-state index in [0.717, 1.165) is 30.6 Å². The molecule has 148 valence electrons. The lowest BCUT2D eigenvalue weighted by Gasteiger charge is -2.38. The Labute approximate surface area is 174 Å². The molecule has 1 unspecified atom stereocenters. The average molecular weight is 384 g/mol. The molecule has 0 radical (unpaired) electrons. The van der Waals surface area contributed by atoms with Crippen LogP contribution in [0, 0.1) is 12.8 Å². The highest BCUT2D eigenvalue weighted by atomic mass is 16.1. The Morgan fingerprint density at radius 2 is 1.76 bits per heavy atom. The lowest BCUT2D eigenvalue weighted by Crippen LogP contribution is -2.36. The molecule has 0 N–H and O–H groups in total. The molecule has 1 atom stereocenters. The van der Waals surface area contributed by atoms with Crippen molar-refractivity contribution in [1.82, 2.24) is 4.90 Å². The highest BCUT2D eigenvalue weighted by molar-refractivity contribution is 5.98. The number of carbonyl (C=O) groups is 1. The maximum absolute atomic E-state index is 12.8. The zero-order valence-corrected chi connectivity index (χ0v) is 17.6. The van der Waals surface area contributed by atoms with Gasteiger partial charge in [-0.05, 0) is 35.6 Å². The first-order chi connectivity index (χ1) is 14.0. The Balaban J connectivity index is 1.75. The molecular weight excluding hydrogens is 354 g/mol. The van der Waals surface area contributed by atoms with Crippen molar-refractivity contribution >= 4 is 5.78 Å². The topological polar surface area (TPSA) is 20.3 Å². The Morgan fingerprint density at radius 3 is 2.55 bits per heavy atom. The third kappa shape index (κ3) is 4.04. The predicted octanol–water partition coefficient (Wildman–Crippen LogP) is 5.98. The Kier molecular flexibility index (Phi) is 5.64. The number of carbonyl (C=O) groups excluding carboxylic acids is 1. The van der Waals surface area contributed by atoms with Gasteiger partial charge in [-0.25, -0.2) is 0 Å². The molecule has 29 heavy (non-hydrogen) atoms. The van der Waals surface area contributed by atoms with E-state index in [1.807, 2.05) is 32.0 Å². The van der Waals surface area contributed by atoms with E-state index in [1.54, 1.807) is 0 Å². The van der Waals surface area contributed by atoms with Crippen molar-refractivity contribution in [1.29, 1.82) is 0 Å². The number of ketones is 1. The van der Waals surface area contributed by atoms with Crippen LogP contribution in [-0.4, -0.2) is 17.2 Å². The zero-order valence-electron chi connectivity index (χ0n) is 17.6. The highest BCUT2D eigenvalue weighted by Crippen LogP contribution is 2.36. The largest absolute Gasteiger partial charge is 0.294 e. The molecule has 3 aromatic carbocycles. The number of nitrogens with zero attached hydrogens (tertiary/aromatic N) is 1. The summed E-state index contributed by atoms with van der Waals surface area (Å²) in [6.07, 6.45) is 1.04. The summed E-state index contributed by atoms with van der Waals surface area (Å²) in [5.41, 5.74) is 7.41. The molecule has 0 saturated carbocycles. The van der Waals surface area contributed by atoms with Crippen molar-refractivity contribution in [2.24, 2.45) is 5.92 Å². The lowest BCUT2D eigenvalue weighted by atomic mass is 9.87. The minimum Gasteiger partial charge on any atom is -0.294 e. The molecule has 0 aliphatic carbocycles. The van der Waals surface area contributed by atoms with Crippen LogP contribution >= 0.6 is 0 Å². The van der Waals surface area contributed by atoms with Gasteiger partial charge in [0.15, 0.2) is 5.78 Å². The normalized spacial score (nSPS) is 16.6. The van der Waals surface area contributed by atoms with Crippen molar-refractivity contribution < 1.29 is 4.79 Å². The van der Waals surface area contributed by atoms with E-state index in [9.17, 15) is 4.79 Å². The van der Waals surface area contributed by atoms with Crippen LogP contribution in [0.4, 0.5) is 0 Å². The van der Waals surface area contributed by atoms with Crippen molar-refractivity contribution in [2.45, 2.75) is 39.8 Å². The first kappa shape index (κ1) is 19.6. The van der Waals surface area contributed by atoms with Crippen LogP contribution in [0.5, 0.6) is 0 Å². The van der Waals surface area contributed by atoms with Crippen molar-refractivity contribution in [3.05, 3.63) is 106 Å². The number of aryl methyl sites for hydroxylation is 1. The van der Waals surface area contributed by atoms with Gasteiger partial charge in [0.25, 0.3) is 0 Å². The molecule has 0 fully saturated rings. The summed E-state index contributed by atoms with van der Waals surface area (Å²) in [6.45, 7) is 7.87. The molecule has 2 nitrogen and oxygen atoms in total. The van der Waals surface area contributed by atoms with E-state index in [-0.39, 0.29) is 17.7 Å². The number of Topliss-reactive ketones (excluding diaryl/α,β-unsaturated/α-hetero) is 1. The van der Waals surface area contributed by atoms with Crippen LogP contribution in [-0.2, 0) is 13.0 Å². The average Bonchev–Trinajstić information content (AvgIpc) is 2.73. The second-order valence-electron chi connectivity index (χ2n) is 8.41. The summed E-state index contributed by atoms with van der Waals surface area (Å²) < 4.78 is 0. The summed E-state index contributed by atoms with van der Waals surface area (Å²) in [6, 6.07) is 26.0. The quantitative estimate of drug-likeness (QED) is 0.505. The molecule has 0 amide bonds. The second-order valence-corrected chi connectivity index (χ2v) is 8.41. The first-order valence-electron chi connectivity index (χ1n) is 10.5. The first-order valence-corrected chi connectivity index (χ1v) is 10.5. The Morgan fingerprint density at radius 1 is 1.00 bits per heavy atom. The van der Waals surface area contributed by atoms with Gasteiger partial charge >= 0.3 is 0 Å². The van der Waals surface area contributed by atoms with E-state index in [4.69, 9.17) is 0 Å². The van der Waals surface area contributed by atoms with Crippen LogP contribution in [0.1, 0.15) is 58.1 Å². The van der Waals surface area contributed by atoms with E-state index in [2.05, 4.69) is 66.4 Å². The number of rotatable bonds is 5. The van der Waals surface area contributed by atoms with Crippen LogP contribution in [0.2, 0.25) is 0 Å². The summed E-state index contributed by atoms with van der Waals surface area (Å²) >= 11 is 0. The van der Waals surface area contributed by atoms with Crippen LogP contribution in [0.25, 0.3) is 0 Å². The molecule has 1 heterocycles. The number of hydrogen-bond acceptors (Lipinski definition) is 2.